The Hall–Kier alpha value is -4.93. The van der Waals surface area contributed by atoms with Gasteiger partial charge >= 0.3 is 0 Å². The van der Waals surface area contributed by atoms with Crippen molar-refractivity contribution < 1.29 is 23.0 Å². The summed E-state index contributed by atoms with van der Waals surface area (Å²) < 4.78 is 40.8. The minimum absolute atomic E-state index is 0.101. The monoisotopic (exact) mass is 501 g/mol. The van der Waals surface area contributed by atoms with Gasteiger partial charge in [0, 0.05) is 30.3 Å². The fourth-order valence-corrected chi connectivity index (χ4v) is 4.23. The molecule has 184 valence electrons. The minimum atomic E-state index is -0.713. The van der Waals surface area contributed by atoms with Crippen molar-refractivity contribution >= 4 is 16.9 Å². The van der Waals surface area contributed by atoms with E-state index in [1.54, 1.807) is 6.20 Å². The molecule has 0 atom stereocenters. The number of rotatable bonds is 6. The summed E-state index contributed by atoms with van der Waals surface area (Å²) in [6.07, 6.45) is 4.55. The number of carbonyl (C=O) groups is 1. The number of benzene rings is 2. The lowest BCUT2D eigenvalue weighted by molar-refractivity contribution is 0.0988. The van der Waals surface area contributed by atoms with E-state index >= 15 is 0 Å². The SMILES string of the molecule is O=C(Cc1ccc(Oc2ncnc3nc[nH]c23)c(F)c1)c1c2c(cn(-c3ccc(F)cc3)c1=O)CCO2. The van der Waals surface area contributed by atoms with E-state index in [9.17, 15) is 18.4 Å². The van der Waals surface area contributed by atoms with Crippen LogP contribution in [0.1, 0.15) is 21.5 Å². The molecular weight excluding hydrogens is 484 g/mol. The normalized spacial score (nSPS) is 12.4. The summed E-state index contributed by atoms with van der Waals surface area (Å²) in [4.78, 5) is 41.5. The van der Waals surface area contributed by atoms with Crippen molar-refractivity contribution in [2.24, 2.45) is 0 Å². The molecule has 11 heteroatoms. The lowest BCUT2D eigenvalue weighted by Crippen LogP contribution is -2.27. The first-order valence-corrected chi connectivity index (χ1v) is 11.3. The molecule has 9 nitrogen and oxygen atoms in total. The molecule has 0 saturated heterocycles. The fourth-order valence-electron chi connectivity index (χ4n) is 4.23. The first-order chi connectivity index (χ1) is 18.0. The van der Waals surface area contributed by atoms with Crippen molar-refractivity contribution in [1.82, 2.24) is 24.5 Å². The van der Waals surface area contributed by atoms with Crippen molar-refractivity contribution in [3.05, 3.63) is 100.0 Å². The lowest BCUT2D eigenvalue weighted by Gasteiger charge is -2.13. The molecule has 0 aliphatic carbocycles. The van der Waals surface area contributed by atoms with Crippen LogP contribution in [0.5, 0.6) is 17.4 Å². The van der Waals surface area contributed by atoms with Gasteiger partial charge in [0.05, 0.1) is 12.9 Å². The van der Waals surface area contributed by atoms with Gasteiger partial charge in [-0.1, -0.05) is 6.07 Å². The highest BCUT2D eigenvalue weighted by molar-refractivity contribution is 6.00. The van der Waals surface area contributed by atoms with Gasteiger partial charge in [0.15, 0.2) is 23.0 Å². The van der Waals surface area contributed by atoms with Gasteiger partial charge < -0.3 is 14.5 Å². The first kappa shape index (κ1) is 22.5. The van der Waals surface area contributed by atoms with Crippen molar-refractivity contribution in [2.45, 2.75) is 12.8 Å². The average Bonchev–Trinajstić information content (AvgIpc) is 3.56. The van der Waals surface area contributed by atoms with Crippen LogP contribution < -0.4 is 15.0 Å². The number of ketones is 1. The minimum Gasteiger partial charge on any atom is -0.492 e. The van der Waals surface area contributed by atoms with Gasteiger partial charge in [-0.2, -0.15) is 4.98 Å². The summed E-state index contributed by atoms with van der Waals surface area (Å²) in [5, 5.41) is 0. The predicted molar refractivity (Wildman–Crippen MR) is 127 cm³/mol. The van der Waals surface area contributed by atoms with Gasteiger partial charge in [-0.15, -0.1) is 0 Å². The van der Waals surface area contributed by atoms with Crippen molar-refractivity contribution in [3.8, 4) is 23.1 Å². The third-order valence-corrected chi connectivity index (χ3v) is 5.99. The number of imidazole rings is 1. The van der Waals surface area contributed by atoms with Crippen LogP contribution in [0.15, 0.2) is 66.1 Å². The number of halogens is 2. The Morgan fingerprint density at radius 1 is 1.11 bits per heavy atom. The van der Waals surface area contributed by atoms with Crippen LogP contribution in [-0.2, 0) is 12.8 Å². The number of aromatic nitrogens is 5. The molecule has 0 radical (unpaired) electrons. The maximum atomic E-state index is 14.9. The number of ether oxygens (including phenoxy) is 2. The molecular formula is C26H17F2N5O4. The number of pyridine rings is 1. The second-order valence-corrected chi connectivity index (χ2v) is 8.36. The highest BCUT2D eigenvalue weighted by Crippen LogP contribution is 2.30. The van der Waals surface area contributed by atoms with E-state index in [1.165, 1.54) is 59.7 Å². The van der Waals surface area contributed by atoms with Crippen LogP contribution in [0.3, 0.4) is 0 Å². The molecule has 1 N–H and O–H groups in total. The van der Waals surface area contributed by atoms with Crippen molar-refractivity contribution in [2.75, 3.05) is 6.61 Å². The number of fused-ring (bicyclic) bond motifs is 2. The highest BCUT2D eigenvalue weighted by atomic mass is 19.1. The van der Waals surface area contributed by atoms with E-state index < -0.39 is 23.0 Å². The zero-order chi connectivity index (χ0) is 25.5. The Bertz CT molecular complexity index is 1730. The van der Waals surface area contributed by atoms with Crippen LogP contribution in [0.4, 0.5) is 8.78 Å². The molecule has 5 aromatic rings. The third-order valence-electron chi connectivity index (χ3n) is 5.99. The standard InChI is InChI=1S/C26H17F2N5O4/c27-16-2-4-17(5-3-16)33-11-15-7-8-36-23(15)21(26(33)35)19(34)10-14-1-6-20(18(28)9-14)37-25-22-24(30-12-29-22)31-13-32-25/h1-6,9,11-13H,7-8,10H2,(H,29,30,31,32). The molecule has 1 aliphatic heterocycles. The maximum absolute atomic E-state index is 14.9. The Morgan fingerprint density at radius 2 is 1.95 bits per heavy atom. The predicted octanol–water partition coefficient (Wildman–Crippen LogP) is 3.93. The van der Waals surface area contributed by atoms with Gasteiger partial charge in [-0.05, 0) is 42.0 Å². The van der Waals surface area contributed by atoms with Gasteiger partial charge in [0.25, 0.3) is 5.56 Å². The second kappa shape index (κ2) is 8.94. The third kappa shape index (κ3) is 4.10. The van der Waals surface area contributed by atoms with E-state index in [1.807, 2.05) is 0 Å². The van der Waals surface area contributed by atoms with Crippen LogP contribution in [0, 0.1) is 11.6 Å². The van der Waals surface area contributed by atoms with E-state index in [4.69, 9.17) is 9.47 Å². The number of carbonyl (C=O) groups excluding carboxylic acids is 1. The molecule has 0 saturated carbocycles. The molecule has 1 aliphatic rings. The van der Waals surface area contributed by atoms with Crippen molar-refractivity contribution in [1.29, 1.82) is 0 Å². The van der Waals surface area contributed by atoms with E-state index in [2.05, 4.69) is 19.9 Å². The summed E-state index contributed by atoms with van der Waals surface area (Å²) in [6, 6.07) is 9.46. The molecule has 37 heavy (non-hydrogen) atoms. The van der Waals surface area contributed by atoms with Crippen LogP contribution in [0.25, 0.3) is 16.9 Å². The zero-order valence-corrected chi connectivity index (χ0v) is 19.1. The van der Waals surface area contributed by atoms with Crippen molar-refractivity contribution in [3.63, 3.8) is 0 Å². The second-order valence-electron chi connectivity index (χ2n) is 8.36. The Labute approximate surface area is 207 Å². The van der Waals surface area contributed by atoms with Crippen LogP contribution >= 0.6 is 0 Å². The smallest absolute Gasteiger partial charge is 0.269 e. The first-order valence-electron chi connectivity index (χ1n) is 11.3. The molecule has 0 amide bonds. The lowest BCUT2D eigenvalue weighted by atomic mass is 10.0. The quantitative estimate of drug-likeness (QED) is 0.351. The largest absolute Gasteiger partial charge is 0.492 e. The summed E-state index contributed by atoms with van der Waals surface area (Å²) in [6.45, 7) is 0.329. The fraction of sp³-hybridized carbons (Fsp3) is 0.115. The molecule has 3 aromatic heterocycles. The van der Waals surface area contributed by atoms with Crippen LogP contribution in [0.2, 0.25) is 0 Å². The summed E-state index contributed by atoms with van der Waals surface area (Å²) in [5.74, 6) is -1.45. The molecule has 0 fully saturated rings. The van der Waals surface area contributed by atoms with Gasteiger partial charge in [0.2, 0.25) is 5.88 Å². The molecule has 4 heterocycles. The average molecular weight is 501 g/mol. The molecule has 0 bridgehead atoms. The number of aromatic amines is 1. The van der Waals surface area contributed by atoms with E-state index in [-0.39, 0.29) is 29.4 Å². The number of nitrogens with one attached hydrogen (secondary N) is 1. The van der Waals surface area contributed by atoms with E-state index in [0.717, 1.165) is 0 Å². The summed E-state index contributed by atoms with van der Waals surface area (Å²) >= 11 is 0. The number of hydrogen-bond donors (Lipinski definition) is 1. The number of Topliss-reactive ketones (excluding diaryl/α,β-unsaturated/α-hetero) is 1. The molecule has 6 rings (SSSR count). The van der Waals surface area contributed by atoms with Gasteiger partial charge in [-0.25, -0.2) is 18.7 Å². The molecule has 0 spiro atoms. The highest BCUT2D eigenvalue weighted by Gasteiger charge is 2.27. The number of hydrogen-bond acceptors (Lipinski definition) is 7. The Kier molecular flexibility index (Phi) is 5.44. The Balaban J connectivity index is 1.30. The summed E-state index contributed by atoms with van der Waals surface area (Å²) in [7, 11) is 0. The van der Waals surface area contributed by atoms with Gasteiger partial charge in [0.1, 0.15) is 29.0 Å². The maximum Gasteiger partial charge on any atom is 0.269 e. The Morgan fingerprint density at radius 3 is 2.76 bits per heavy atom. The number of nitrogens with zero attached hydrogens (tertiary/aromatic N) is 4. The van der Waals surface area contributed by atoms with Crippen LogP contribution in [-0.4, -0.2) is 36.9 Å². The molecule has 0 unspecified atom stereocenters. The van der Waals surface area contributed by atoms with E-state index in [0.29, 0.717) is 41.0 Å². The number of H-pyrrole nitrogens is 1. The molecule has 2 aromatic carbocycles. The zero-order valence-electron chi connectivity index (χ0n) is 19.1. The topological polar surface area (TPSA) is 112 Å². The van der Waals surface area contributed by atoms with Gasteiger partial charge in [-0.3, -0.25) is 14.2 Å². The summed E-state index contributed by atoms with van der Waals surface area (Å²) in [5.41, 5.74) is 1.52.